The molecule has 20 heavy (non-hydrogen) atoms. The monoisotopic (exact) mass is 278 g/mol. The molecule has 5 heteroatoms. The van der Waals surface area contributed by atoms with Gasteiger partial charge >= 0.3 is 0 Å². The van der Waals surface area contributed by atoms with Gasteiger partial charge in [0.15, 0.2) is 0 Å². The van der Waals surface area contributed by atoms with Crippen LogP contribution in [0.15, 0.2) is 24.3 Å². The molecule has 1 amide bonds. The Morgan fingerprint density at radius 1 is 1.40 bits per heavy atom. The molecule has 2 rings (SSSR count). The number of benzene rings is 1. The van der Waals surface area contributed by atoms with Gasteiger partial charge in [-0.2, -0.15) is 0 Å². The zero-order chi connectivity index (χ0) is 14.5. The molecule has 1 aromatic rings. The SMILES string of the molecule is CN(C)c1ccc(CC(=O)N2CCOCC(O)C2)cc1. The van der Waals surface area contributed by atoms with Gasteiger partial charge in [0.2, 0.25) is 5.91 Å². The van der Waals surface area contributed by atoms with Crippen LogP contribution in [0.5, 0.6) is 0 Å². The Kier molecular flexibility index (Phi) is 4.98. The summed E-state index contributed by atoms with van der Waals surface area (Å²) < 4.78 is 5.23. The van der Waals surface area contributed by atoms with Gasteiger partial charge in [-0.3, -0.25) is 4.79 Å². The summed E-state index contributed by atoms with van der Waals surface area (Å²) in [5.74, 6) is 0.0344. The van der Waals surface area contributed by atoms with Crippen LogP contribution in [0.25, 0.3) is 0 Å². The summed E-state index contributed by atoms with van der Waals surface area (Å²) in [4.78, 5) is 15.9. The van der Waals surface area contributed by atoms with Gasteiger partial charge in [0.05, 0.1) is 25.7 Å². The number of rotatable bonds is 3. The molecule has 1 aliphatic heterocycles. The lowest BCUT2D eigenvalue weighted by molar-refractivity contribution is -0.131. The van der Waals surface area contributed by atoms with Crippen LogP contribution in [-0.4, -0.2) is 62.4 Å². The minimum Gasteiger partial charge on any atom is -0.389 e. The van der Waals surface area contributed by atoms with E-state index in [1.807, 2.05) is 43.3 Å². The number of hydrogen-bond donors (Lipinski definition) is 1. The number of hydrogen-bond acceptors (Lipinski definition) is 4. The van der Waals surface area contributed by atoms with Crippen molar-refractivity contribution < 1.29 is 14.6 Å². The number of ether oxygens (including phenoxy) is 1. The normalized spacial score (nSPS) is 19.6. The topological polar surface area (TPSA) is 53.0 Å². The third-order valence-corrected chi connectivity index (χ3v) is 3.41. The van der Waals surface area contributed by atoms with Crippen LogP contribution < -0.4 is 4.90 Å². The molecule has 1 aromatic carbocycles. The molecule has 1 saturated heterocycles. The molecule has 0 bridgehead atoms. The minimum absolute atomic E-state index is 0.0344. The number of β-amino-alcohol motifs (C(OH)–C–C–N with tert-alkyl or cyclic N) is 1. The average Bonchev–Trinajstić information content (AvgIpc) is 2.64. The van der Waals surface area contributed by atoms with E-state index in [1.54, 1.807) is 4.90 Å². The Labute approximate surface area is 119 Å². The minimum atomic E-state index is -0.586. The summed E-state index contributed by atoms with van der Waals surface area (Å²) in [6, 6.07) is 7.95. The molecule has 1 fully saturated rings. The van der Waals surface area contributed by atoms with Gasteiger partial charge in [-0.25, -0.2) is 0 Å². The Hall–Kier alpha value is -1.59. The first-order valence-electron chi connectivity index (χ1n) is 6.86. The van der Waals surface area contributed by atoms with Crippen molar-refractivity contribution in [2.75, 3.05) is 45.3 Å². The second-order valence-electron chi connectivity index (χ2n) is 5.31. The van der Waals surface area contributed by atoms with Gasteiger partial charge in [-0.05, 0) is 17.7 Å². The molecule has 0 saturated carbocycles. The van der Waals surface area contributed by atoms with Crippen LogP contribution in [0, 0.1) is 0 Å². The Bertz CT molecular complexity index is 445. The molecular formula is C15H22N2O3. The lowest BCUT2D eigenvalue weighted by Crippen LogP contribution is -2.38. The summed E-state index contributed by atoms with van der Waals surface area (Å²) in [5, 5.41) is 9.65. The first-order chi connectivity index (χ1) is 9.56. The Balaban J connectivity index is 1.96. The fraction of sp³-hybridized carbons (Fsp3) is 0.533. The van der Waals surface area contributed by atoms with E-state index in [4.69, 9.17) is 4.74 Å². The van der Waals surface area contributed by atoms with Crippen LogP contribution in [0.3, 0.4) is 0 Å². The molecule has 0 aliphatic carbocycles. The quantitative estimate of drug-likeness (QED) is 0.875. The standard InChI is InChI=1S/C15H22N2O3/c1-16(2)13-5-3-12(4-6-13)9-15(19)17-7-8-20-11-14(18)10-17/h3-6,14,18H,7-11H2,1-2H3. The molecule has 1 unspecified atom stereocenters. The highest BCUT2D eigenvalue weighted by molar-refractivity contribution is 5.79. The van der Waals surface area contributed by atoms with Gasteiger partial charge in [0.25, 0.3) is 0 Å². The smallest absolute Gasteiger partial charge is 0.227 e. The fourth-order valence-electron chi connectivity index (χ4n) is 2.22. The number of nitrogens with zero attached hydrogens (tertiary/aromatic N) is 2. The maximum Gasteiger partial charge on any atom is 0.227 e. The van der Waals surface area contributed by atoms with Crippen LogP contribution in [0.2, 0.25) is 0 Å². The van der Waals surface area contributed by atoms with Crippen molar-refractivity contribution >= 4 is 11.6 Å². The number of carbonyl (C=O) groups excluding carboxylic acids is 1. The Morgan fingerprint density at radius 2 is 2.10 bits per heavy atom. The zero-order valence-electron chi connectivity index (χ0n) is 12.1. The van der Waals surface area contributed by atoms with Crippen LogP contribution in [0.4, 0.5) is 5.69 Å². The second-order valence-corrected chi connectivity index (χ2v) is 5.31. The largest absolute Gasteiger partial charge is 0.389 e. The van der Waals surface area contributed by atoms with Crippen molar-refractivity contribution in [2.24, 2.45) is 0 Å². The van der Waals surface area contributed by atoms with Crippen molar-refractivity contribution in [1.82, 2.24) is 4.90 Å². The molecule has 1 heterocycles. The lowest BCUT2D eigenvalue weighted by Gasteiger charge is -2.21. The number of aliphatic hydroxyl groups is 1. The predicted octanol–water partition coefficient (Wildman–Crippen LogP) is 0.515. The van der Waals surface area contributed by atoms with Crippen LogP contribution >= 0.6 is 0 Å². The van der Waals surface area contributed by atoms with E-state index in [-0.39, 0.29) is 5.91 Å². The summed E-state index contributed by atoms with van der Waals surface area (Å²) in [6.45, 7) is 1.70. The highest BCUT2D eigenvalue weighted by Crippen LogP contribution is 2.13. The summed E-state index contributed by atoms with van der Waals surface area (Å²) in [7, 11) is 3.97. The van der Waals surface area contributed by atoms with Gasteiger partial charge in [0, 0.05) is 32.9 Å². The van der Waals surface area contributed by atoms with E-state index >= 15 is 0 Å². The van der Waals surface area contributed by atoms with E-state index in [1.165, 1.54) is 0 Å². The first-order valence-corrected chi connectivity index (χ1v) is 6.86. The fourth-order valence-corrected chi connectivity index (χ4v) is 2.22. The summed E-state index contributed by atoms with van der Waals surface area (Å²) in [5.41, 5.74) is 2.10. The summed E-state index contributed by atoms with van der Waals surface area (Å²) >= 11 is 0. The lowest BCUT2D eigenvalue weighted by atomic mass is 10.1. The second kappa shape index (κ2) is 6.72. The molecular weight excluding hydrogens is 256 g/mol. The molecule has 0 aromatic heterocycles. The third-order valence-electron chi connectivity index (χ3n) is 3.41. The van der Waals surface area contributed by atoms with E-state index in [0.29, 0.717) is 32.7 Å². The molecule has 0 radical (unpaired) electrons. The summed E-state index contributed by atoms with van der Waals surface area (Å²) in [6.07, 6.45) is -0.224. The maximum atomic E-state index is 12.2. The van der Waals surface area contributed by atoms with E-state index in [9.17, 15) is 9.90 Å². The highest BCUT2D eigenvalue weighted by atomic mass is 16.5. The van der Waals surface area contributed by atoms with Crippen molar-refractivity contribution in [1.29, 1.82) is 0 Å². The van der Waals surface area contributed by atoms with E-state index in [0.717, 1.165) is 11.3 Å². The highest BCUT2D eigenvalue weighted by Gasteiger charge is 2.20. The molecule has 1 N–H and O–H groups in total. The van der Waals surface area contributed by atoms with E-state index in [2.05, 4.69) is 0 Å². The van der Waals surface area contributed by atoms with Crippen molar-refractivity contribution in [3.05, 3.63) is 29.8 Å². The number of anilines is 1. The number of carbonyl (C=O) groups is 1. The van der Waals surface area contributed by atoms with Crippen LogP contribution in [-0.2, 0) is 16.0 Å². The van der Waals surface area contributed by atoms with Gasteiger partial charge < -0.3 is 19.6 Å². The molecule has 1 atom stereocenters. The Morgan fingerprint density at radius 3 is 2.75 bits per heavy atom. The van der Waals surface area contributed by atoms with Gasteiger partial charge in [-0.1, -0.05) is 12.1 Å². The van der Waals surface area contributed by atoms with E-state index < -0.39 is 6.10 Å². The first kappa shape index (κ1) is 14.8. The molecule has 110 valence electrons. The van der Waals surface area contributed by atoms with Gasteiger partial charge in [-0.15, -0.1) is 0 Å². The van der Waals surface area contributed by atoms with Crippen molar-refractivity contribution in [2.45, 2.75) is 12.5 Å². The van der Waals surface area contributed by atoms with Crippen molar-refractivity contribution in [3.63, 3.8) is 0 Å². The van der Waals surface area contributed by atoms with Crippen LogP contribution in [0.1, 0.15) is 5.56 Å². The number of amides is 1. The van der Waals surface area contributed by atoms with Crippen molar-refractivity contribution in [3.8, 4) is 0 Å². The average molecular weight is 278 g/mol. The van der Waals surface area contributed by atoms with Gasteiger partial charge in [0.1, 0.15) is 0 Å². The molecule has 5 nitrogen and oxygen atoms in total. The number of aliphatic hydroxyl groups excluding tert-OH is 1. The predicted molar refractivity (Wildman–Crippen MR) is 77.9 cm³/mol. The maximum absolute atomic E-state index is 12.2. The molecule has 1 aliphatic rings. The zero-order valence-corrected chi connectivity index (χ0v) is 12.1. The molecule has 0 spiro atoms. The third kappa shape index (κ3) is 3.95.